The fourth-order valence-electron chi connectivity index (χ4n) is 1.07. The number of unbranched alkanes of at least 4 members (excludes halogenated alkanes) is 1. The summed E-state index contributed by atoms with van der Waals surface area (Å²) in [5.41, 5.74) is 0. The first-order valence-electron chi connectivity index (χ1n) is 5.42. The molecule has 0 fully saturated rings. The summed E-state index contributed by atoms with van der Waals surface area (Å²) < 4.78 is 0. The van der Waals surface area contributed by atoms with Gasteiger partial charge in [-0.25, -0.2) is 0 Å². The molecule has 5 N–H and O–H groups in total. The van der Waals surface area contributed by atoms with Gasteiger partial charge in [-0.2, -0.15) is 0 Å². The minimum absolute atomic E-state index is 0.298. The van der Waals surface area contributed by atoms with Crippen LogP contribution in [-0.2, 0) is 9.59 Å². The number of aliphatic hydroxyl groups excluding tert-OH is 4. The lowest BCUT2D eigenvalue weighted by atomic mass is 10.0. The molecule has 100 valence electrons. The summed E-state index contributed by atoms with van der Waals surface area (Å²) in [7, 11) is 0. The first-order chi connectivity index (χ1) is 7.95. The Morgan fingerprint density at radius 2 is 1.82 bits per heavy atom. The van der Waals surface area contributed by atoms with E-state index in [-0.39, 0.29) is 0 Å². The zero-order valence-corrected chi connectivity index (χ0v) is 9.67. The summed E-state index contributed by atoms with van der Waals surface area (Å²) >= 11 is 0. The van der Waals surface area contributed by atoms with E-state index in [1.165, 1.54) is 0 Å². The van der Waals surface area contributed by atoms with Crippen molar-refractivity contribution in [2.24, 2.45) is 0 Å². The Bertz CT molecular complexity index is 257. The SMILES string of the molecule is CCCCNC(=O)C(=O)[C@@H](O)[C@H](O)[C@@H](O)CO. The molecule has 0 unspecified atom stereocenters. The van der Waals surface area contributed by atoms with Crippen LogP contribution in [0, 0.1) is 0 Å². The highest BCUT2D eigenvalue weighted by Gasteiger charge is 2.33. The van der Waals surface area contributed by atoms with Gasteiger partial charge in [0.05, 0.1) is 6.61 Å². The highest BCUT2D eigenvalue weighted by Crippen LogP contribution is 2.01. The number of carbonyl (C=O) groups excluding carboxylic acids is 2. The molecule has 0 saturated heterocycles. The summed E-state index contributed by atoms with van der Waals surface area (Å²) in [5, 5.41) is 38.3. The van der Waals surface area contributed by atoms with Gasteiger partial charge >= 0.3 is 0 Å². The quantitative estimate of drug-likeness (QED) is 0.240. The summed E-state index contributed by atoms with van der Waals surface area (Å²) in [5.74, 6) is -2.25. The van der Waals surface area contributed by atoms with Crippen LogP contribution >= 0.6 is 0 Å². The third kappa shape index (κ3) is 5.22. The van der Waals surface area contributed by atoms with Crippen LogP contribution < -0.4 is 5.32 Å². The smallest absolute Gasteiger partial charge is 0.290 e. The Hall–Kier alpha value is -1.02. The number of rotatable bonds is 8. The van der Waals surface area contributed by atoms with Crippen molar-refractivity contribution >= 4 is 11.7 Å². The summed E-state index contributed by atoms with van der Waals surface area (Å²) in [6, 6.07) is 0. The number of hydrogen-bond acceptors (Lipinski definition) is 6. The standard InChI is InChI=1S/C10H19NO6/c1-2-3-4-11-10(17)9(16)8(15)7(14)6(13)5-12/h6-8,12-15H,2-5H2,1H3,(H,11,17)/t6-,7+,8-/m0/s1. The molecule has 1 amide bonds. The Balaban J connectivity index is 4.24. The number of amides is 1. The van der Waals surface area contributed by atoms with E-state index in [4.69, 9.17) is 10.2 Å². The molecule has 0 aromatic heterocycles. The normalized spacial score (nSPS) is 16.1. The molecule has 0 heterocycles. The molecule has 0 aliphatic rings. The first-order valence-corrected chi connectivity index (χ1v) is 5.42. The van der Waals surface area contributed by atoms with Crippen LogP contribution in [0.1, 0.15) is 19.8 Å². The summed E-state index contributed by atoms with van der Waals surface area (Å²) in [6.45, 7) is 1.39. The molecule has 0 radical (unpaired) electrons. The lowest BCUT2D eigenvalue weighted by Gasteiger charge is -2.19. The van der Waals surface area contributed by atoms with Gasteiger partial charge in [0.2, 0.25) is 0 Å². The van der Waals surface area contributed by atoms with Gasteiger partial charge in [0.25, 0.3) is 11.7 Å². The summed E-state index contributed by atoms with van der Waals surface area (Å²) in [6.07, 6.45) is -4.07. The van der Waals surface area contributed by atoms with Crippen LogP contribution in [0.4, 0.5) is 0 Å². The Kier molecular flexibility index (Phi) is 7.64. The monoisotopic (exact) mass is 249 g/mol. The molecule has 0 aliphatic carbocycles. The molecule has 7 nitrogen and oxygen atoms in total. The van der Waals surface area contributed by atoms with Crippen LogP contribution in [-0.4, -0.2) is 63.6 Å². The Morgan fingerprint density at radius 3 is 2.29 bits per heavy atom. The van der Waals surface area contributed by atoms with E-state index in [0.29, 0.717) is 13.0 Å². The predicted octanol–water partition coefficient (Wildman–Crippen LogP) is -2.45. The van der Waals surface area contributed by atoms with E-state index in [0.717, 1.165) is 6.42 Å². The van der Waals surface area contributed by atoms with Crippen molar-refractivity contribution in [1.29, 1.82) is 0 Å². The molecule has 0 aliphatic heterocycles. The average molecular weight is 249 g/mol. The molecular formula is C10H19NO6. The van der Waals surface area contributed by atoms with Crippen molar-refractivity contribution in [3.63, 3.8) is 0 Å². The number of carbonyl (C=O) groups is 2. The van der Waals surface area contributed by atoms with Gasteiger partial charge in [0.15, 0.2) is 6.10 Å². The van der Waals surface area contributed by atoms with E-state index >= 15 is 0 Å². The zero-order valence-electron chi connectivity index (χ0n) is 9.67. The molecular weight excluding hydrogens is 230 g/mol. The highest BCUT2D eigenvalue weighted by molar-refractivity contribution is 6.37. The number of hydrogen-bond donors (Lipinski definition) is 5. The molecule has 3 atom stereocenters. The second kappa shape index (κ2) is 8.13. The van der Waals surface area contributed by atoms with E-state index in [2.05, 4.69) is 5.32 Å². The van der Waals surface area contributed by atoms with Gasteiger partial charge in [0.1, 0.15) is 12.2 Å². The van der Waals surface area contributed by atoms with E-state index in [1.54, 1.807) is 0 Å². The molecule has 0 rings (SSSR count). The fraction of sp³-hybridized carbons (Fsp3) is 0.800. The number of nitrogens with one attached hydrogen (secondary N) is 1. The van der Waals surface area contributed by atoms with Crippen molar-refractivity contribution in [2.75, 3.05) is 13.2 Å². The van der Waals surface area contributed by atoms with Gasteiger partial charge < -0.3 is 25.7 Å². The van der Waals surface area contributed by atoms with Gasteiger partial charge in [-0.15, -0.1) is 0 Å². The van der Waals surface area contributed by atoms with Gasteiger partial charge in [0, 0.05) is 6.54 Å². The van der Waals surface area contributed by atoms with Crippen molar-refractivity contribution in [3.05, 3.63) is 0 Å². The predicted molar refractivity (Wildman–Crippen MR) is 58.0 cm³/mol. The molecule has 0 saturated carbocycles. The minimum atomic E-state index is -2.04. The first kappa shape index (κ1) is 16.0. The Morgan fingerprint density at radius 1 is 1.24 bits per heavy atom. The largest absolute Gasteiger partial charge is 0.394 e. The maximum atomic E-state index is 11.3. The Labute approximate surface area is 99.1 Å². The maximum Gasteiger partial charge on any atom is 0.290 e. The lowest BCUT2D eigenvalue weighted by molar-refractivity contribution is -0.150. The van der Waals surface area contributed by atoms with Crippen LogP contribution in [0.15, 0.2) is 0 Å². The molecule has 0 bridgehead atoms. The third-order valence-corrected chi connectivity index (χ3v) is 2.21. The minimum Gasteiger partial charge on any atom is -0.394 e. The molecule has 17 heavy (non-hydrogen) atoms. The number of Topliss-reactive ketones (excluding diaryl/α,β-unsaturated/α-hetero) is 1. The number of ketones is 1. The molecule has 0 spiro atoms. The fourth-order valence-corrected chi connectivity index (χ4v) is 1.07. The second-order valence-corrected chi connectivity index (χ2v) is 3.66. The second-order valence-electron chi connectivity index (χ2n) is 3.66. The van der Waals surface area contributed by atoms with E-state index in [9.17, 15) is 19.8 Å². The van der Waals surface area contributed by atoms with E-state index < -0.39 is 36.6 Å². The van der Waals surface area contributed by atoms with E-state index in [1.807, 2.05) is 6.92 Å². The topological polar surface area (TPSA) is 127 Å². The maximum absolute atomic E-state index is 11.3. The molecule has 7 heteroatoms. The van der Waals surface area contributed by atoms with Crippen molar-refractivity contribution in [3.8, 4) is 0 Å². The van der Waals surface area contributed by atoms with Crippen LogP contribution in [0.2, 0.25) is 0 Å². The van der Waals surface area contributed by atoms with Crippen LogP contribution in [0.3, 0.4) is 0 Å². The van der Waals surface area contributed by atoms with Crippen molar-refractivity contribution < 1.29 is 30.0 Å². The van der Waals surface area contributed by atoms with Gasteiger partial charge in [-0.3, -0.25) is 9.59 Å². The van der Waals surface area contributed by atoms with Crippen molar-refractivity contribution in [2.45, 2.75) is 38.1 Å². The molecule has 0 aromatic carbocycles. The third-order valence-electron chi connectivity index (χ3n) is 2.21. The van der Waals surface area contributed by atoms with Crippen LogP contribution in [0.25, 0.3) is 0 Å². The molecule has 0 aromatic rings. The lowest BCUT2D eigenvalue weighted by Crippen LogP contribution is -2.49. The highest BCUT2D eigenvalue weighted by atomic mass is 16.4. The van der Waals surface area contributed by atoms with Crippen molar-refractivity contribution in [1.82, 2.24) is 5.32 Å². The van der Waals surface area contributed by atoms with Crippen LogP contribution in [0.5, 0.6) is 0 Å². The average Bonchev–Trinajstić information content (AvgIpc) is 2.35. The summed E-state index contributed by atoms with van der Waals surface area (Å²) in [4.78, 5) is 22.5. The number of aliphatic hydroxyl groups is 4. The zero-order chi connectivity index (χ0) is 13.4. The van der Waals surface area contributed by atoms with Gasteiger partial charge in [-0.05, 0) is 6.42 Å². The van der Waals surface area contributed by atoms with Gasteiger partial charge in [-0.1, -0.05) is 13.3 Å².